The highest BCUT2D eigenvalue weighted by molar-refractivity contribution is 7.98. The third kappa shape index (κ3) is 4.33. The number of hydrogen-bond donors (Lipinski definition) is 1. The number of rotatable bonds is 6. The van der Waals surface area contributed by atoms with E-state index in [2.05, 4.69) is 0 Å². The maximum Gasteiger partial charge on any atom is 0.253 e. The lowest BCUT2D eigenvalue weighted by molar-refractivity contribution is 0.0380. The maximum absolute atomic E-state index is 12.1. The molecule has 0 bridgehead atoms. The molecular weight excluding hydrogens is 250 g/mol. The van der Waals surface area contributed by atoms with Gasteiger partial charge in [0, 0.05) is 31.2 Å². The monoisotopic (exact) mass is 269 g/mol. The predicted octanol–water partition coefficient (Wildman–Crippen LogP) is 1.49. The molecular formula is C13H19NO3S. The molecule has 1 aromatic rings. The van der Waals surface area contributed by atoms with E-state index in [4.69, 9.17) is 4.74 Å². The largest absolute Gasteiger partial charge is 0.389 e. The van der Waals surface area contributed by atoms with Gasteiger partial charge < -0.3 is 14.7 Å². The number of amides is 1. The number of nitrogens with zero attached hydrogens (tertiary/aromatic N) is 1. The van der Waals surface area contributed by atoms with Gasteiger partial charge in [-0.2, -0.15) is 0 Å². The molecule has 1 N–H and O–H groups in total. The summed E-state index contributed by atoms with van der Waals surface area (Å²) in [6, 6.07) is 7.43. The Morgan fingerprint density at radius 2 is 2.06 bits per heavy atom. The molecule has 0 aliphatic rings. The molecule has 1 unspecified atom stereocenters. The minimum atomic E-state index is -0.658. The molecule has 0 fully saturated rings. The molecule has 0 saturated carbocycles. The van der Waals surface area contributed by atoms with Crippen molar-refractivity contribution in [2.45, 2.75) is 11.0 Å². The third-order valence-corrected chi connectivity index (χ3v) is 3.27. The van der Waals surface area contributed by atoms with Crippen molar-refractivity contribution >= 4 is 17.7 Å². The lowest BCUT2D eigenvalue weighted by atomic mass is 10.2. The average Bonchev–Trinajstić information content (AvgIpc) is 2.38. The smallest absolute Gasteiger partial charge is 0.253 e. The lowest BCUT2D eigenvalue weighted by Gasteiger charge is -2.20. The highest BCUT2D eigenvalue weighted by atomic mass is 32.2. The van der Waals surface area contributed by atoms with Crippen LogP contribution >= 0.6 is 11.8 Å². The minimum absolute atomic E-state index is 0.0993. The molecule has 1 amide bonds. The minimum Gasteiger partial charge on any atom is -0.389 e. The fourth-order valence-electron chi connectivity index (χ4n) is 1.60. The maximum atomic E-state index is 12.1. The Labute approximate surface area is 112 Å². The number of ether oxygens (including phenoxy) is 1. The van der Waals surface area contributed by atoms with Crippen LogP contribution in [0.4, 0.5) is 0 Å². The van der Waals surface area contributed by atoms with E-state index in [9.17, 15) is 9.90 Å². The van der Waals surface area contributed by atoms with Crippen LogP contribution in [0.5, 0.6) is 0 Å². The van der Waals surface area contributed by atoms with Crippen LogP contribution in [0.3, 0.4) is 0 Å². The molecule has 1 atom stereocenters. The number of aliphatic hydroxyl groups is 1. The van der Waals surface area contributed by atoms with Gasteiger partial charge in [0.2, 0.25) is 0 Å². The van der Waals surface area contributed by atoms with Gasteiger partial charge >= 0.3 is 0 Å². The molecule has 0 spiro atoms. The molecule has 0 radical (unpaired) electrons. The zero-order chi connectivity index (χ0) is 13.5. The van der Waals surface area contributed by atoms with Crippen molar-refractivity contribution in [2.24, 2.45) is 0 Å². The zero-order valence-corrected chi connectivity index (χ0v) is 11.7. The molecule has 100 valence electrons. The second kappa shape index (κ2) is 7.41. The summed E-state index contributed by atoms with van der Waals surface area (Å²) in [6.45, 7) is 0.486. The third-order valence-electron chi connectivity index (χ3n) is 2.53. The number of benzene rings is 1. The second-order valence-electron chi connectivity index (χ2n) is 4.02. The van der Waals surface area contributed by atoms with E-state index < -0.39 is 6.10 Å². The molecule has 0 aliphatic heterocycles. The Kier molecular flexibility index (Phi) is 6.18. The van der Waals surface area contributed by atoms with E-state index in [-0.39, 0.29) is 19.1 Å². The van der Waals surface area contributed by atoms with Crippen LogP contribution in [0.25, 0.3) is 0 Å². The van der Waals surface area contributed by atoms with Gasteiger partial charge in [-0.05, 0) is 30.5 Å². The molecule has 1 aromatic carbocycles. The van der Waals surface area contributed by atoms with E-state index >= 15 is 0 Å². The van der Waals surface area contributed by atoms with Crippen LogP contribution in [-0.2, 0) is 4.74 Å². The molecule has 5 heteroatoms. The molecule has 0 saturated heterocycles. The number of carbonyl (C=O) groups is 1. The van der Waals surface area contributed by atoms with Crippen LogP contribution in [0, 0.1) is 0 Å². The van der Waals surface area contributed by atoms with Crippen LogP contribution in [0.2, 0.25) is 0 Å². The van der Waals surface area contributed by atoms with Crippen LogP contribution in [0.1, 0.15) is 10.4 Å². The summed E-state index contributed by atoms with van der Waals surface area (Å²) >= 11 is 1.63. The Bertz CT molecular complexity index is 380. The van der Waals surface area contributed by atoms with Crippen LogP contribution in [-0.4, -0.2) is 55.6 Å². The van der Waals surface area contributed by atoms with E-state index in [1.54, 1.807) is 30.9 Å². The summed E-state index contributed by atoms with van der Waals surface area (Å²) in [4.78, 5) is 14.7. The Morgan fingerprint density at radius 3 is 2.56 bits per heavy atom. The van der Waals surface area contributed by atoms with Crippen molar-refractivity contribution in [3.63, 3.8) is 0 Å². The number of aliphatic hydroxyl groups excluding tert-OH is 1. The number of thioether (sulfide) groups is 1. The van der Waals surface area contributed by atoms with Gasteiger partial charge in [-0.15, -0.1) is 11.8 Å². The van der Waals surface area contributed by atoms with Gasteiger partial charge in [0.15, 0.2) is 0 Å². The van der Waals surface area contributed by atoms with Gasteiger partial charge in [0.1, 0.15) is 0 Å². The van der Waals surface area contributed by atoms with Crippen LogP contribution < -0.4 is 0 Å². The summed E-state index contributed by atoms with van der Waals surface area (Å²) in [5.74, 6) is -0.0993. The van der Waals surface area contributed by atoms with Crippen molar-refractivity contribution in [3.05, 3.63) is 29.8 Å². The lowest BCUT2D eigenvalue weighted by Crippen LogP contribution is -2.36. The summed E-state index contributed by atoms with van der Waals surface area (Å²) in [5, 5.41) is 9.58. The van der Waals surface area contributed by atoms with Crippen molar-refractivity contribution < 1.29 is 14.6 Å². The van der Waals surface area contributed by atoms with Crippen molar-refractivity contribution in [1.82, 2.24) is 4.90 Å². The number of methoxy groups -OCH3 is 1. The number of likely N-dealkylation sites (N-methyl/N-ethyl adjacent to an activating group) is 1. The van der Waals surface area contributed by atoms with Crippen molar-refractivity contribution in [1.29, 1.82) is 0 Å². The predicted molar refractivity (Wildman–Crippen MR) is 73.1 cm³/mol. The first kappa shape index (κ1) is 15.0. The summed E-state index contributed by atoms with van der Waals surface area (Å²) < 4.78 is 4.83. The molecule has 4 nitrogen and oxygen atoms in total. The highest BCUT2D eigenvalue weighted by Gasteiger charge is 2.15. The molecule has 0 aromatic heterocycles. The topological polar surface area (TPSA) is 49.8 Å². The first-order valence-electron chi connectivity index (χ1n) is 5.65. The van der Waals surface area contributed by atoms with Gasteiger partial charge in [-0.3, -0.25) is 4.79 Å². The molecule has 18 heavy (non-hydrogen) atoms. The van der Waals surface area contributed by atoms with Gasteiger partial charge in [-0.1, -0.05) is 0 Å². The van der Waals surface area contributed by atoms with E-state index in [1.165, 1.54) is 12.0 Å². The fraction of sp³-hybridized carbons (Fsp3) is 0.462. The average molecular weight is 269 g/mol. The second-order valence-corrected chi connectivity index (χ2v) is 4.90. The Hall–Kier alpha value is -1.04. The highest BCUT2D eigenvalue weighted by Crippen LogP contribution is 2.15. The van der Waals surface area contributed by atoms with Gasteiger partial charge in [0.05, 0.1) is 12.7 Å². The van der Waals surface area contributed by atoms with E-state index in [0.717, 1.165) is 4.90 Å². The van der Waals surface area contributed by atoms with E-state index in [0.29, 0.717) is 5.56 Å². The standard InChI is InChI=1S/C13H19NO3S/c1-14(8-11(15)9-17-2)13(16)10-4-6-12(18-3)7-5-10/h4-7,11,15H,8-9H2,1-3H3. The van der Waals surface area contributed by atoms with Crippen molar-refractivity contribution in [2.75, 3.05) is 33.6 Å². The Morgan fingerprint density at radius 1 is 1.44 bits per heavy atom. The fourth-order valence-corrected chi connectivity index (χ4v) is 2.01. The van der Waals surface area contributed by atoms with Crippen molar-refractivity contribution in [3.8, 4) is 0 Å². The van der Waals surface area contributed by atoms with Crippen LogP contribution in [0.15, 0.2) is 29.2 Å². The summed E-state index contributed by atoms with van der Waals surface area (Å²) in [6.07, 6.45) is 1.33. The zero-order valence-electron chi connectivity index (χ0n) is 10.9. The first-order chi connectivity index (χ1) is 8.58. The molecule has 0 heterocycles. The summed E-state index contributed by atoms with van der Waals surface area (Å²) in [7, 11) is 3.19. The first-order valence-corrected chi connectivity index (χ1v) is 6.87. The number of carbonyl (C=O) groups excluding carboxylic acids is 1. The SMILES string of the molecule is COCC(O)CN(C)C(=O)c1ccc(SC)cc1. The van der Waals surface area contributed by atoms with E-state index in [1.807, 2.05) is 18.4 Å². The Balaban J connectivity index is 2.62. The molecule has 0 aliphatic carbocycles. The van der Waals surface area contributed by atoms with Gasteiger partial charge in [-0.25, -0.2) is 0 Å². The normalized spacial score (nSPS) is 12.2. The number of hydrogen-bond acceptors (Lipinski definition) is 4. The molecule has 1 rings (SSSR count). The summed E-state index contributed by atoms with van der Waals surface area (Å²) in [5.41, 5.74) is 0.625. The quantitative estimate of drug-likeness (QED) is 0.795. The van der Waals surface area contributed by atoms with Gasteiger partial charge in [0.25, 0.3) is 5.91 Å².